The minimum absolute atomic E-state index is 0.336. The molecule has 1 N–H and O–H groups in total. The summed E-state index contributed by atoms with van der Waals surface area (Å²) >= 11 is 0. The van der Waals surface area contributed by atoms with Gasteiger partial charge in [-0.1, -0.05) is 26.2 Å². The third-order valence-corrected chi connectivity index (χ3v) is 3.49. The van der Waals surface area contributed by atoms with Crippen LogP contribution in [0.3, 0.4) is 0 Å². The molecule has 0 aromatic heterocycles. The SMILES string of the molecule is CCCCCCC(=O)N(C)C1CCNCC1. The first-order chi connectivity index (χ1) is 7.75. The lowest BCUT2D eigenvalue weighted by molar-refractivity contribution is -0.132. The fraction of sp³-hybridized carbons (Fsp3) is 0.923. The van der Waals surface area contributed by atoms with Crippen LogP contribution in [0.5, 0.6) is 0 Å². The van der Waals surface area contributed by atoms with Crippen molar-refractivity contribution >= 4 is 5.91 Å². The minimum atomic E-state index is 0.336. The molecule has 1 aliphatic heterocycles. The number of piperidine rings is 1. The summed E-state index contributed by atoms with van der Waals surface area (Å²) in [6.45, 7) is 4.30. The summed E-state index contributed by atoms with van der Waals surface area (Å²) in [6.07, 6.45) is 7.70. The molecule has 94 valence electrons. The van der Waals surface area contributed by atoms with Crippen molar-refractivity contribution in [3.8, 4) is 0 Å². The third kappa shape index (κ3) is 4.52. The molecule has 0 atom stereocenters. The Bertz CT molecular complexity index is 200. The van der Waals surface area contributed by atoms with Gasteiger partial charge in [0, 0.05) is 19.5 Å². The number of rotatable bonds is 6. The molecule has 0 bridgehead atoms. The Morgan fingerprint density at radius 1 is 1.25 bits per heavy atom. The van der Waals surface area contributed by atoms with Crippen molar-refractivity contribution in [3.63, 3.8) is 0 Å². The highest BCUT2D eigenvalue weighted by Gasteiger charge is 2.21. The van der Waals surface area contributed by atoms with Gasteiger partial charge in [-0.2, -0.15) is 0 Å². The maximum absolute atomic E-state index is 11.9. The zero-order chi connectivity index (χ0) is 11.8. The van der Waals surface area contributed by atoms with E-state index < -0.39 is 0 Å². The maximum atomic E-state index is 11.9. The van der Waals surface area contributed by atoms with E-state index in [1.807, 2.05) is 11.9 Å². The van der Waals surface area contributed by atoms with E-state index in [9.17, 15) is 4.79 Å². The van der Waals surface area contributed by atoms with Gasteiger partial charge in [0.25, 0.3) is 0 Å². The molecule has 1 aliphatic rings. The first kappa shape index (κ1) is 13.5. The van der Waals surface area contributed by atoms with E-state index >= 15 is 0 Å². The van der Waals surface area contributed by atoms with E-state index in [0.29, 0.717) is 11.9 Å². The summed E-state index contributed by atoms with van der Waals surface area (Å²) in [5.74, 6) is 0.336. The molecular weight excluding hydrogens is 200 g/mol. The lowest BCUT2D eigenvalue weighted by atomic mass is 10.0. The Hall–Kier alpha value is -0.570. The summed E-state index contributed by atoms with van der Waals surface area (Å²) in [7, 11) is 1.97. The second-order valence-electron chi connectivity index (χ2n) is 4.80. The van der Waals surface area contributed by atoms with Crippen LogP contribution < -0.4 is 5.32 Å². The van der Waals surface area contributed by atoms with E-state index in [-0.39, 0.29) is 0 Å². The predicted octanol–water partition coefficient (Wildman–Crippen LogP) is 2.17. The standard InChI is InChI=1S/C13H26N2O/c1-3-4-5-6-7-13(16)15(2)12-8-10-14-11-9-12/h12,14H,3-11H2,1-2H3. The Morgan fingerprint density at radius 3 is 2.56 bits per heavy atom. The quantitative estimate of drug-likeness (QED) is 0.704. The molecule has 0 saturated carbocycles. The number of nitrogens with one attached hydrogen (secondary N) is 1. The van der Waals surface area contributed by atoms with Gasteiger partial charge in [-0.15, -0.1) is 0 Å². The number of unbranched alkanes of at least 4 members (excludes halogenated alkanes) is 3. The molecule has 0 aromatic carbocycles. The maximum Gasteiger partial charge on any atom is 0.222 e. The van der Waals surface area contributed by atoms with Crippen LogP contribution in [-0.4, -0.2) is 37.0 Å². The normalized spacial score (nSPS) is 17.4. The number of hydrogen-bond acceptors (Lipinski definition) is 2. The molecule has 0 aliphatic carbocycles. The van der Waals surface area contributed by atoms with Crippen LogP contribution in [-0.2, 0) is 4.79 Å². The van der Waals surface area contributed by atoms with E-state index in [4.69, 9.17) is 0 Å². The van der Waals surface area contributed by atoms with E-state index in [2.05, 4.69) is 12.2 Å². The van der Waals surface area contributed by atoms with Gasteiger partial charge < -0.3 is 10.2 Å². The topological polar surface area (TPSA) is 32.3 Å². The van der Waals surface area contributed by atoms with Gasteiger partial charge in [-0.3, -0.25) is 4.79 Å². The van der Waals surface area contributed by atoms with Crippen molar-refractivity contribution in [3.05, 3.63) is 0 Å². The zero-order valence-corrected chi connectivity index (χ0v) is 10.8. The second kappa shape index (κ2) is 7.66. The summed E-state index contributed by atoms with van der Waals surface area (Å²) < 4.78 is 0. The summed E-state index contributed by atoms with van der Waals surface area (Å²) in [4.78, 5) is 13.9. The monoisotopic (exact) mass is 226 g/mol. The average Bonchev–Trinajstić information content (AvgIpc) is 2.34. The number of amides is 1. The van der Waals surface area contributed by atoms with Gasteiger partial charge in [-0.05, 0) is 32.4 Å². The predicted molar refractivity (Wildman–Crippen MR) is 67.4 cm³/mol. The molecule has 3 heteroatoms. The zero-order valence-electron chi connectivity index (χ0n) is 10.8. The second-order valence-corrected chi connectivity index (χ2v) is 4.80. The lowest BCUT2D eigenvalue weighted by Crippen LogP contribution is -2.43. The number of hydrogen-bond donors (Lipinski definition) is 1. The molecule has 0 aromatic rings. The van der Waals surface area contributed by atoms with E-state index in [0.717, 1.165) is 38.8 Å². The number of nitrogens with zero attached hydrogens (tertiary/aromatic N) is 1. The van der Waals surface area contributed by atoms with E-state index in [1.165, 1.54) is 19.3 Å². The highest BCUT2D eigenvalue weighted by molar-refractivity contribution is 5.76. The van der Waals surface area contributed by atoms with Gasteiger partial charge in [0.15, 0.2) is 0 Å². The van der Waals surface area contributed by atoms with Crippen LogP contribution in [0.4, 0.5) is 0 Å². The van der Waals surface area contributed by atoms with Crippen molar-refractivity contribution < 1.29 is 4.79 Å². The summed E-state index contributed by atoms with van der Waals surface area (Å²) in [6, 6.07) is 0.472. The van der Waals surface area contributed by atoms with Gasteiger partial charge >= 0.3 is 0 Å². The molecule has 1 rings (SSSR count). The molecule has 16 heavy (non-hydrogen) atoms. The minimum Gasteiger partial charge on any atom is -0.343 e. The Kier molecular flexibility index (Phi) is 6.46. The van der Waals surface area contributed by atoms with Crippen molar-refractivity contribution in [2.24, 2.45) is 0 Å². The van der Waals surface area contributed by atoms with Gasteiger partial charge in [0.1, 0.15) is 0 Å². The highest BCUT2D eigenvalue weighted by Crippen LogP contribution is 2.12. The molecule has 3 nitrogen and oxygen atoms in total. The molecule has 1 fully saturated rings. The van der Waals surface area contributed by atoms with Gasteiger partial charge in [0.05, 0.1) is 0 Å². The van der Waals surface area contributed by atoms with Crippen molar-refractivity contribution in [1.29, 1.82) is 0 Å². The number of carbonyl (C=O) groups is 1. The number of carbonyl (C=O) groups excluding carboxylic acids is 1. The Balaban J connectivity index is 2.18. The van der Waals surface area contributed by atoms with Crippen molar-refractivity contribution in [2.75, 3.05) is 20.1 Å². The Labute approximate surface area is 99.6 Å². The van der Waals surface area contributed by atoms with Crippen LogP contribution in [0, 0.1) is 0 Å². The summed E-state index contributed by atoms with van der Waals surface area (Å²) in [5.41, 5.74) is 0. The van der Waals surface area contributed by atoms with Gasteiger partial charge in [0.2, 0.25) is 5.91 Å². The van der Waals surface area contributed by atoms with Crippen LogP contribution in [0.15, 0.2) is 0 Å². The molecule has 0 radical (unpaired) electrons. The van der Waals surface area contributed by atoms with Crippen molar-refractivity contribution in [2.45, 2.75) is 57.9 Å². The smallest absolute Gasteiger partial charge is 0.222 e. The molecule has 0 unspecified atom stereocenters. The Morgan fingerprint density at radius 2 is 1.94 bits per heavy atom. The van der Waals surface area contributed by atoms with Gasteiger partial charge in [-0.25, -0.2) is 0 Å². The third-order valence-electron chi connectivity index (χ3n) is 3.49. The first-order valence-corrected chi connectivity index (χ1v) is 6.72. The molecule has 0 spiro atoms. The summed E-state index contributed by atoms with van der Waals surface area (Å²) in [5, 5.41) is 3.33. The van der Waals surface area contributed by atoms with Crippen LogP contribution in [0.2, 0.25) is 0 Å². The molecular formula is C13H26N2O. The van der Waals surface area contributed by atoms with Crippen LogP contribution in [0.1, 0.15) is 51.9 Å². The van der Waals surface area contributed by atoms with Crippen LogP contribution in [0.25, 0.3) is 0 Å². The van der Waals surface area contributed by atoms with Crippen LogP contribution >= 0.6 is 0 Å². The molecule has 1 amide bonds. The largest absolute Gasteiger partial charge is 0.343 e. The fourth-order valence-corrected chi connectivity index (χ4v) is 2.28. The average molecular weight is 226 g/mol. The lowest BCUT2D eigenvalue weighted by Gasteiger charge is -2.31. The van der Waals surface area contributed by atoms with Crippen molar-refractivity contribution in [1.82, 2.24) is 10.2 Å². The fourth-order valence-electron chi connectivity index (χ4n) is 2.28. The van der Waals surface area contributed by atoms with E-state index in [1.54, 1.807) is 0 Å². The molecule has 1 saturated heterocycles. The first-order valence-electron chi connectivity index (χ1n) is 6.72. The molecule has 1 heterocycles. The highest BCUT2D eigenvalue weighted by atomic mass is 16.2.